The molecule has 0 fully saturated rings. The van der Waals surface area contributed by atoms with Crippen molar-refractivity contribution in [3.8, 4) is 22.8 Å². The minimum absolute atomic E-state index is 0.0337. The third kappa shape index (κ3) is 3.53. The Labute approximate surface area is 148 Å². The van der Waals surface area contributed by atoms with Gasteiger partial charge in [-0.2, -0.15) is 0 Å². The van der Waals surface area contributed by atoms with E-state index < -0.39 is 4.92 Å². The van der Waals surface area contributed by atoms with Gasteiger partial charge in [0.1, 0.15) is 17.2 Å². The number of para-hydroxylation sites is 1. The third-order valence-corrected chi connectivity index (χ3v) is 4.27. The predicted molar refractivity (Wildman–Crippen MR) is 97.0 cm³/mol. The maximum atomic E-state index is 10.9. The zero-order chi connectivity index (χ0) is 17.8. The molecule has 0 spiro atoms. The van der Waals surface area contributed by atoms with Gasteiger partial charge in [-0.25, -0.2) is 4.98 Å². The summed E-state index contributed by atoms with van der Waals surface area (Å²) < 4.78 is 10.7. The van der Waals surface area contributed by atoms with Crippen molar-refractivity contribution in [1.82, 2.24) is 4.98 Å². The number of hydrogen-bond donors (Lipinski definition) is 1. The molecule has 128 valence electrons. The zero-order valence-electron chi connectivity index (χ0n) is 13.6. The Morgan fingerprint density at radius 2 is 1.80 bits per heavy atom. The van der Waals surface area contributed by atoms with Crippen LogP contribution in [0.3, 0.4) is 0 Å². The molecule has 2 aromatic carbocycles. The molecular formula is C17H15N3O4S. The van der Waals surface area contributed by atoms with Gasteiger partial charge in [0, 0.05) is 23.1 Å². The average Bonchev–Trinajstić information content (AvgIpc) is 3.10. The molecular weight excluding hydrogens is 342 g/mol. The lowest BCUT2D eigenvalue weighted by Crippen LogP contribution is -1.97. The summed E-state index contributed by atoms with van der Waals surface area (Å²) in [4.78, 5) is 15.0. The minimum Gasteiger partial charge on any atom is -0.494 e. The van der Waals surface area contributed by atoms with Gasteiger partial charge in [0.25, 0.3) is 5.69 Å². The Kier molecular flexibility index (Phi) is 4.80. The Balaban J connectivity index is 1.91. The molecule has 0 saturated carbocycles. The monoisotopic (exact) mass is 357 g/mol. The third-order valence-electron chi connectivity index (χ3n) is 3.52. The maximum Gasteiger partial charge on any atom is 0.270 e. The predicted octanol–water partition coefficient (Wildman–Crippen LogP) is 4.48. The first-order valence-corrected chi connectivity index (χ1v) is 8.18. The van der Waals surface area contributed by atoms with E-state index in [1.54, 1.807) is 26.4 Å². The highest BCUT2D eigenvalue weighted by atomic mass is 32.1. The van der Waals surface area contributed by atoms with Gasteiger partial charge >= 0.3 is 0 Å². The van der Waals surface area contributed by atoms with E-state index >= 15 is 0 Å². The minimum atomic E-state index is -0.422. The number of nitrogens with one attached hydrogen (secondary N) is 1. The fourth-order valence-corrected chi connectivity index (χ4v) is 3.05. The highest BCUT2D eigenvalue weighted by molar-refractivity contribution is 7.14. The lowest BCUT2D eigenvalue weighted by molar-refractivity contribution is -0.384. The molecule has 0 unspecified atom stereocenters. The molecule has 1 aromatic heterocycles. The number of aromatic nitrogens is 1. The number of hydrogen-bond acceptors (Lipinski definition) is 7. The fraction of sp³-hybridized carbons (Fsp3) is 0.118. The van der Waals surface area contributed by atoms with Crippen molar-refractivity contribution >= 4 is 27.8 Å². The standard InChI is InChI=1S/C17H15N3O4S/c1-23-14-7-4-8-15(24-2)16(14)19-17-18-13(10-25-17)11-5-3-6-12(9-11)20(21)22/h3-10H,1-2H3,(H,18,19). The number of ether oxygens (including phenoxy) is 2. The summed E-state index contributed by atoms with van der Waals surface area (Å²) >= 11 is 1.39. The van der Waals surface area contributed by atoms with E-state index in [2.05, 4.69) is 10.3 Å². The molecule has 8 heteroatoms. The van der Waals surface area contributed by atoms with Crippen LogP contribution in [0.4, 0.5) is 16.5 Å². The number of rotatable bonds is 6. The van der Waals surface area contributed by atoms with Crippen molar-refractivity contribution in [3.63, 3.8) is 0 Å². The Hall–Kier alpha value is -3.13. The number of benzene rings is 2. The lowest BCUT2D eigenvalue weighted by Gasteiger charge is -2.13. The molecule has 25 heavy (non-hydrogen) atoms. The summed E-state index contributed by atoms with van der Waals surface area (Å²) in [5.74, 6) is 1.26. The summed E-state index contributed by atoms with van der Waals surface area (Å²) in [6.07, 6.45) is 0. The van der Waals surface area contributed by atoms with Gasteiger partial charge in [0.2, 0.25) is 0 Å². The van der Waals surface area contributed by atoms with Crippen molar-refractivity contribution in [2.75, 3.05) is 19.5 Å². The number of nitro groups is 1. The normalized spacial score (nSPS) is 10.3. The Bertz CT molecular complexity index is 888. The molecule has 0 radical (unpaired) electrons. The van der Waals surface area contributed by atoms with Crippen LogP contribution in [0, 0.1) is 10.1 Å². The number of methoxy groups -OCH3 is 2. The number of nitro benzene ring substituents is 1. The lowest BCUT2D eigenvalue weighted by atomic mass is 10.1. The van der Waals surface area contributed by atoms with E-state index in [0.717, 1.165) is 0 Å². The van der Waals surface area contributed by atoms with Crippen LogP contribution in [0.1, 0.15) is 0 Å². The van der Waals surface area contributed by atoms with Crippen molar-refractivity contribution in [1.29, 1.82) is 0 Å². The molecule has 0 amide bonds. The second-order valence-corrected chi connectivity index (χ2v) is 5.87. The SMILES string of the molecule is COc1cccc(OC)c1Nc1nc(-c2cccc([N+](=O)[O-])c2)cs1. The first-order valence-electron chi connectivity index (χ1n) is 7.30. The van der Waals surface area contributed by atoms with Gasteiger partial charge in [-0.3, -0.25) is 10.1 Å². The number of thiazole rings is 1. The van der Waals surface area contributed by atoms with E-state index in [1.165, 1.54) is 23.5 Å². The first-order chi connectivity index (χ1) is 12.1. The molecule has 1 N–H and O–H groups in total. The second kappa shape index (κ2) is 7.18. The van der Waals surface area contributed by atoms with Gasteiger partial charge < -0.3 is 14.8 Å². The molecule has 3 aromatic rings. The Morgan fingerprint density at radius 3 is 2.44 bits per heavy atom. The van der Waals surface area contributed by atoms with Crippen LogP contribution < -0.4 is 14.8 Å². The van der Waals surface area contributed by atoms with Gasteiger partial charge in [-0.05, 0) is 12.1 Å². The van der Waals surface area contributed by atoms with Crippen molar-refractivity contribution < 1.29 is 14.4 Å². The van der Waals surface area contributed by atoms with Crippen molar-refractivity contribution in [2.24, 2.45) is 0 Å². The Morgan fingerprint density at radius 1 is 1.12 bits per heavy atom. The summed E-state index contributed by atoms with van der Waals surface area (Å²) in [6, 6.07) is 11.9. The second-order valence-electron chi connectivity index (χ2n) is 5.01. The quantitative estimate of drug-likeness (QED) is 0.517. The van der Waals surface area contributed by atoms with Crippen LogP contribution in [0.15, 0.2) is 47.8 Å². The molecule has 0 atom stereocenters. The van der Waals surface area contributed by atoms with Crippen LogP contribution >= 0.6 is 11.3 Å². The molecule has 7 nitrogen and oxygen atoms in total. The van der Waals surface area contributed by atoms with E-state index in [-0.39, 0.29) is 5.69 Å². The highest BCUT2D eigenvalue weighted by Crippen LogP contribution is 2.38. The summed E-state index contributed by atoms with van der Waals surface area (Å²) in [5.41, 5.74) is 2.05. The number of nitrogens with zero attached hydrogens (tertiary/aromatic N) is 2. The molecule has 1 heterocycles. The van der Waals surface area contributed by atoms with E-state index in [0.29, 0.717) is 33.6 Å². The van der Waals surface area contributed by atoms with Crippen LogP contribution in [-0.4, -0.2) is 24.1 Å². The van der Waals surface area contributed by atoms with Gasteiger partial charge in [-0.15, -0.1) is 11.3 Å². The summed E-state index contributed by atoms with van der Waals surface area (Å²) in [7, 11) is 3.16. The van der Waals surface area contributed by atoms with Crippen molar-refractivity contribution in [2.45, 2.75) is 0 Å². The summed E-state index contributed by atoms with van der Waals surface area (Å²) in [6.45, 7) is 0. The molecule has 0 bridgehead atoms. The van der Waals surface area contributed by atoms with Gasteiger partial charge in [0.15, 0.2) is 5.13 Å². The van der Waals surface area contributed by atoms with Crippen LogP contribution in [-0.2, 0) is 0 Å². The smallest absolute Gasteiger partial charge is 0.270 e. The summed E-state index contributed by atoms with van der Waals surface area (Å²) in [5, 5.41) is 16.6. The molecule has 0 aliphatic carbocycles. The first kappa shape index (κ1) is 16.7. The van der Waals surface area contributed by atoms with Crippen LogP contribution in [0.5, 0.6) is 11.5 Å². The largest absolute Gasteiger partial charge is 0.494 e. The maximum absolute atomic E-state index is 10.9. The van der Waals surface area contributed by atoms with Gasteiger partial charge in [-0.1, -0.05) is 18.2 Å². The van der Waals surface area contributed by atoms with E-state index in [4.69, 9.17) is 9.47 Å². The number of non-ortho nitro benzene ring substituents is 1. The zero-order valence-corrected chi connectivity index (χ0v) is 14.4. The molecule has 3 rings (SSSR count). The molecule has 0 aliphatic heterocycles. The number of anilines is 2. The van der Waals surface area contributed by atoms with Gasteiger partial charge in [0.05, 0.1) is 24.8 Å². The molecule has 0 aliphatic rings. The van der Waals surface area contributed by atoms with E-state index in [9.17, 15) is 10.1 Å². The van der Waals surface area contributed by atoms with Crippen molar-refractivity contribution in [3.05, 3.63) is 58.0 Å². The van der Waals surface area contributed by atoms with E-state index in [1.807, 2.05) is 23.6 Å². The highest BCUT2D eigenvalue weighted by Gasteiger charge is 2.14. The fourth-order valence-electron chi connectivity index (χ4n) is 2.32. The van der Waals surface area contributed by atoms with Crippen LogP contribution in [0.25, 0.3) is 11.3 Å². The van der Waals surface area contributed by atoms with Crippen LogP contribution in [0.2, 0.25) is 0 Å². The average molecular weight is 357 g/mol. The molecule has 0 saturated heterocycles. The topological polar surface area (TPSA) is 86.5 Å².